The molecule has 49 heavy (non-hydrogen) atoms. The molecule has 4 saturated carbocycles. The van der Waals surface area contributed by atoms with Crippen molar-refractivity contribution in [3.05, 3.63) is 62.3 Å². The van der Waals surface area contributed by atoms with Crippen LogP contribution in [0.25, 0.3) is 0 Å². The first-order valence-electron chi connectivity index (χ1n) is 14.0. The van der Waals surface area contributed by atoms with Crippen LogP contribution in [0.1, 0.15) is 59.2 Å². The van der Waals surface area contributed by atoms with Gasteiger partial charge in [0.15, 0.2) is 0 Å². The Morgan fingerprint density at radius 3 is 2.12 bits per heavy atom. The van der Waals surface area contributed by atoms with Crippen LogP contribution in [0.4, 0.5) is 27.6 Å². The van der Waals surface area contributed by atoms with Crippen LogP contribution in [0.3, 0.4) is 0 Å². The summed E-state index contributed by atoms with van der Waals surface area (Å²) in [6.07, 6.45) is -10.7. The number of nitrogens with zero attached hydrogens (tertiary/aromatic N) is 1. The molecular weight excluding hydrogens is 1030 g/mol. The lowest BCUT2D eigenvalue weighted by molar-refractivity contribution is -0.385. The van der Waals surface area contributed by atoms with Gasteiger partial charge in [0, 0.05) is 17.1 Å². The molecule has 266 valence electrons. The number of carbonyl (C=O) groups is 3. The number of hydrogen-bond donors (Lipinski definition) is 1. The minimum Gasteiger partial charge on any atom is -0.455 e. The molecule has 4 aliphatic carbocycles. The van der Waals surface area contributed by atoms with Crippen molar-refractivity contribution in [3.8, 4) is 5.75 Å². The summed E-state index contributed by atoms with van der Waals surface area (Å²) < 4.78 is 117. The molecule has 2 aromatic rings. The highest BCUT2D eigenvalue weighted by Crippen LogP contribution is 2.63. The maximum atomic E-state index is 14.2. The van der Waals surface area contributed by atoms with Crippen molar-refractivity contribution < 1.29 is 68.4 Å². The van der Waals surface area contributed by atoms with E-state index in [0.717, 1.165) is 25.3 Å². The molecule has 0 amide bonds. The van der Waals surface area contributed by atoms with Crippen LogP contribution < -0.4 is 4.74 Å². The van der Waals surface area contributed by atoms with E-state index in [2.05, 4.69) is 4.74 Å². The highest BCUT2D eigenvalue weighted by molar-refractivity contribution is 14.1. The van der Waals surface area contributed by atoms with Gasteiger partial charge in [-0.15, -0.1) is 0 Å². The molecule has 2 aromatic carbocycles. The third kappa shape index (κ3) is 7.50. The van der Waals surface area contributed by atoms with Gasteiger partial charge in [0.1, 0.15) is 16.9 Å². The van der Waals surface area contributed by atoms with Crippen molar-refractivity contribution in [1.82, 2.24) is 0 Å². The van der Waals surface area contributed by atoms with Crippen molar-refractivity contribution in [1.29, 1.82) is 0 Å². The van der Waals surface area contributed by atoms with Crippen LogP contribution in [0.15, 0.2) is 30.3 Å². The largest absolute Gasteiger partial charge is 0.455 e. The minimum atomic E-state index is -6.67. The molecule has 3 atom stereocenters. The quantitative estimate of drug-likeness (QED) is 0.0397. The summed E-state index contributed by atoms with van der Waals surface area (Å²) in [6.45, 7) is 0. The molecule has 0 aliphatic heterocycles. The van der Waals surface area contributed by atoms with E-state index in [1.165, 1.54) is 0 Å². The first kappa shape index (κ1) is 38.2. The van der Waals surface area contributed by atoms with Crippen LogP contribution >= 0.6 is 67.8 Å². The molecule has 21 heteroatoms. The van der Waals surface area contributed by atoms with Crippen LogP contribution in [0, 0.1) is 38.1 Å². The second kappa shape index (κ2) is 13.2. The zero-order valence-electron chi connectivity index (χ0n) is 24.3. The van der Waals surface area contributed by atoms with Gasteiger partial charge in [-0.25, -0.2) is 9.59 Å². The maximum absolute atomic E-state index is 14.2. The highest BCUT2D eigenvalue weighted by Gasteiger charge is 2.69. The van der Waals surface area contributed by atoms with Gasteiger partial charge in [0.2, 0.25) is 0 Å². The fraction of sp³-hybridized carbons (Fsp3) is 0.464. The van der Waals surface area contributed by atoms with E-state index in [0.29, 0.717) is 9.99 Å². The first-order chi connectivity index (χ1) is 22.5. The smallest absolute Gasteiger partial charge is 0.432 e. The molecule has 0 radical (unpaired) electrons. The number of hydrogen-bond acceptors (Lipinski definition) is 10. The number of benzene rings is 2. The van der Waals surface area contributed by atoms with Crippen LogP contribution in [-0.4, -0.2) is 58.9 Å². The van der Waals surface area contributed by atoms with Crippen LogP contribution in [0.5, 0.6) is 5.75 Å². The summed E-state index contributed by atoms with van der Waals surface area (Å²) >= 11 is 5.98. The van der Waals surface area contributed by atoms with Gasteiger partial charge in [-0.05, 0) is 136 Å². The normalized spacial score (nSPS) is 25.4. The molecule has 0 spiro atoms. The van der Waals surface area contributed by atoms with Gasteiger partial charge in [-0.1, -0.05) is 0 Å². The summed E-state index contributed by atoms with van der Waals surface area (Å²) in [5, 5.41) is 6.07. The number of ether oxygens (including phenoxy) is 3. The zero-order chi connectivity index (χ0) is 36.5. The predicted octanol–water partition coefficient (Wildman–Crippen LogP) is 7.08. The SMILES string of the molecule is O=C(OC12CC3CC(C1)CC(C(=O)OC(C(F)(F)F)C(F)(F)S(=O)(=O)O)(C3)C2)c1ccc(OC(=O)c2cc(I)cc(I)c2I)cc1[N+](=O)[O-]. The Morgan fingerprint density at radius 2 is 1.57 bits per heavy atom. The van der Waals surface area contributed by atoms with Crippen molar-refractivity contribution in [2.45, 2.75) is 61.7 Å². The van der Waals surface area contributed by atoms with Gasteiger partial charge in [0.05, 0.1) is 22.0 Å². The first-order valence-corrected chi connectivity index (χ1v) is 18.7. The van der Waals surface area contributed by atoms with Crippen molar-refractivity contribution >= 4 is 101 Å². The van der Waals surface area contributed by atoms with E-state index in [1.54, 1.807) is 6.07 Å². The van der Waals surface area contributed by atoms with E-state index in [1.807, 2.05) is 73.8 Å². The van der Waals surface area contributed by atoms with Gasteiger partial charge < -0.3 is 14.2 Å². The monoisotopic (exact) mass is 1050 g/mol. The standard InChI is InChI=1S/C28H21F5I3NO11S/c29-27(30,31)23(28(32,33)49(43,44)45)47-24(40)25-7-12-3-13(8-25)10-26(9-12,11-25)48-22(39)16-2-1-15(6-19(16)37(41)42)46-21(38)17-4-14(34)5-18(35)20(17)36/h1-2,4-6,12-13,23H,3,7-11H2,(H,43,44,45). The molecule has 6 rings (SSSR count). The molecule has 0 aromatic heterocycles. The molecule has 1 N–H and O–H groups in total. The number of carbonyl (C=O) groups excluding carboxylic acids is 3. The minimum absolute atomic E-state index is 0.102. The molecule has 0 heterocycles. The fourth-order valence-electron chi connectivity index (χ4n) is 7.25. The highest BCUT2D eigenvalue weighted by atomic mass is 127. The van der Waals surface area contributed by atoms with Gasteiger partial charge in [-0.2, -0.15) is 30.4 Å². The number of rotatable bonds is 9. The Morgan fingerprint density at radius 1 is 0.959 bits per heavy atom. The van der Waals surface area contributed by atoms with Gasteiger partial charge in [0.25, 0.3) is 11.8 Å². The lowest BCUT2D eigenvalue weighted by Crippen LogP contribution is -2.61. The van der Waals surface area contributed by atoms with E-state index in [4.69, 9.17) is 14.0 Å². The third-order valence-electron chi connectivity index (χ3n) is 8.73. The Labute approximate surface area is 314 Å². The Balaban J connectivity index is 1.39. The van der Waals surface area contributed by atoms with E-state index in [9.17, 15) is 54.9 Å². The molecule has 4 fully saturated rings. The topological polar surface area (TPSA) is 176 Å². The van der Waals surface area contributed by atoms with Crippen LogP contribution in [0.2, 0.25) is 0 Å². The molecule has 0 saturated heterocycles. The summed E-state index contributed by atoms with van der Waals surface area (Å²) in [5.41, 5.74) is -4.63. The summed E-state index contributed by atoms with van der Waals surface area (Å²) in [7, 11) is -6.67. The summed E-state index contributed by atoms with van der Waals surface area (Å²) in [4.78, 5) is 50.7. The van der Waals surface area contributed by atoms with Crippen molar-refractivity contribution in [2.24, 2.45) is 17.3 Å². The fourth-order valence-corrected chi connectivity index (χ4v) is 10.1. The van der Waals surface area contributed by atoms with Crippen molar-refractivity contribution in [3.63, 3.8) is 0 Å². The molecule has 12 nitrogen and oxygen atoms in total. The second-order valence-electron chi connectivity index (χ2n) is 12.3. The molecular formula is C28H21F5I3NO11S. The Kier molecular flexibility index (Phi) is 10.3. The zero-order valence-corrected chi connectivity index (χ0v) is 31.6. The van der Waals surface area contributed by atoms with Gasteiger partial charge >= 0.3 is 39.5 Å². The molecule has 4 aliphatic rings. The average Bonchev–Trinajstić information content (AvgIpc) is 2.95. The summed E-state index contributed by atoms with van der Waals surface area (Å²) in [5.74, 6) is -5.02. The maximum Gasteiger partial charge on any atom is 0.432 e. The lowest BCUT2D eigenvalue weighted by atomic mass is 9.48. The summed E-state index contributed by atoms with van der Waals surface area (Å²) in [6, 6.07) is 6.33. The number of halogens is 8. The average molecular weight is 1060 g/mol. The Bertz CT molecular complexity index is 1860. The number of nitro groups is 1. The van der Waals surface area contributed by atoms with Crippen molar-refractivity contribution in [2.75, 3.05) is 0 Å². The third-order valence-corrected chi connectivity index (χ3v) is 13.3. The molecule has 4 bridgehead atoms. The van der Waals surface area contributed by atoms with E-state index < -0.39 is 91.0 Å². The number of alkyl halides is 5. The predicted molar refractivity (Wildman–Crippen MR) is 180 cm³/mol. The van der Waals surface area contributed by atoms with Gasteiger partial charge in [-0.3, -0.25) is 19.5 Å². The van der Waals surface area contributed by atoms with Crippen LogP contribution in [-0.2, 0) is 24.4 Å². The number of esters is 3. The number of nitro benzene ring substituents is 1. The van der Waals surface area contributed by atoms with E-state index >= 15 is 0 Å². The molecule has 3 unspecified atom stereocenters. The second-order valence-corrected chi connectivity index (χ2v) is 17.2. The lowest BCUT2D eigenvalue weighted by Gasteiger charge is -2.59. The Hall–Kier alpha value is -2.00. The van der Waals surface area contributed by atoms with E-state index in [-0.39, 0.29) is 37.0 Å².